The van der Waals surface area contributed by atoms with Gasteiger partial charge in [-0.3, -0.25) is 0 Å². The van der Waals surface area contributed by atoms with Crippen molar-refractivity contribution in [2.24, 2.45) is 0 Å². The molecule has 0 heterocycles. The zero-order valence-corrected chi connectivity index (χ0v) is 12.2. The van der Waals surface area contributed by atoms with Crippen LogP contribution in [-0.4, -0.2) is 11.7 Å². The van der Waals surface area contributed by atoms with E-state index in [0.717, 1.165) is 31.5 Å². The second-order valence-corrected chi connectivity index (χ2v) is 5.56. The summed E-state index contributed by atoms with van der Waals surface area (Å²) in [5, 5.41) is 9.66. The second kappa shape index (κ2) is 5.76. The van der Waals surface area contributed by atoms with E-state index in [1.54, 1.807) is 18.2 Å². The molecule has 1 aliphatic carbocycles. The Balaban J connectivity index is 1.99. The lowest BCUT2D eigenvalue weighted by atomic mass is 9.86. The van der Waals surface area contributed by atoms with E-state index in [0.29, 0.717) is 5.75 Å². The summed E-state index contributed by atoms with van der Waals surface area (Å²) in [6, 6.07) is 12.7. The van der Waals surface area contributed by atoms with Crippen molar-refractivity contribution in [3.05, 3.63) is 59.4 Å². The lowest BCUT2D eigenvalue weighted by Crippen LogP contribution is -2.31. The number of benzene rings is 2. The zero-order chi connectivity index (χ0) is 14.8. The fraction of sp³-hybridized carbons (Fsp3) is 0.333. The largest absolute Gasteiger partial charge is 0.508 e. The summed E-state index contributed by atoms with van der Waals surface area (Å²) in [6.07, 6.45) is 3.15. The molecule has 0 aliphatic heterocycles. The smallest absolute Gasteiger partial charge is 0.125 e. The Morgan fingerprint density at radius 2 is 2.10 bits per heavy atom. The van der Waals surface area contributed by atoms with E-state index in [-0.39, 0.29) is 11.9 Å². The van der Waals surface area contributed by atoms with Gasteiger partial charge in [0.1, 0.15) is 11.6 Å². The van der Waals surface area contributed by atoms with Crippen LogP contribution in [0, 0.1) is 5.82 Å². The van der Waals surface area contributed by atoms with Gasteiger partial charge in [-0.15, -0.1) is 0 Å². The maximum Gasteiger partial charge on any atom is 0.125 e. The Kier molecular flexibility index (Phi) is 3.82. The van der Waals surface area contributed by atoms with Crippen molar-refractivity contribution in [3.63, 3.8) is 0 Å². The van der Waals surface area contributed by atoms with Gasteiger partial charge in [-0.1, -0.05) is 12.1 Å². The van der Waals surface area contributed by atoms with Crippen LogP contribution in [0.3, 0.4) is 0 Å². The highest BCUT2D eigenvalue weighted by atomic mass is 19.1. The number of nitrogens with zero attached hydrogens (tertiary/aromatic N) is 1. The molecule has 2 aromatic carbocycles. The van der Waals surface area contributed by atoms with Crippen LogP contribution in [0.4, 0.5) is 10.1 Å². The molecule has 1 atom stereocenters. The number of hydrogen-bond donors (Lipinski definition) is 1. The molecule has 2 nitrogen and oxygen atoms in total. The quantitative estimate of drug-likeness (QED) is 0.901. The van der Waals surface area contributed by atoms with E-state index in [9.17, 15) is 9.50 Å². The predicted octanol–water partition coefficient (Wildman–Crippen LogP) is 4.44. The minimum Gasteiger partial charge on any atom is -0.508 e. The van der Waals surface area contributed by atoms with Crippen molar-refractivity contribution in [3.8, 4) is 5.75 Å². The summed E-state index contributed by atoms with van der Waals surface area (Å²) >= 11 is 0. The number of aryl methyl sites for hydroxylation is 1. The Morgan fingerprint density at radius 3 is 2.86 bits per heavy atom. The summed E-state index contributed by atoms with van der Waals surface area (Å²) in [5.74, 6) is 0.121. The van der Waals surface area contributed by atoms with Gasteiger partial charge in [0.25, 0.3) is 0 Å². The Morgan fingerprint density at radius 1 is 1.24 bits per heavy atom. The van der Waals surface area contributed by atoms with Crippen LogP contribution in [0.1, 0.15) is 36.9 Å². The molecule has 0 aromatic heterocycles. The lowest BCUT2D eigenvalue weighted by Gasteiger charge is -2.37. The molecule has 0 spiro atoms. The minimum atomic E-state index is -0.201. The third-order valence-electron chi connectivity index (χ3n) is 4.27. The van der Waals surface area contributed by atoms with E-state index < -0.39 is 0 Å². The van der Waals surface area contributed by atoms with Crippen LogP contribution in [0.25, 0.3) is 0 Å². The van der Waals surface area contributed by atoms with Gasteiger partial charge in [-0.25, -0.2) is 4.39 Å². The molecular formula is C18H20FNO. The van der Waals surface area contributed by atoms with Crippen LogP contribution in [0.2, 0.25) is 0 Å². The topological polar surface area (TPSA) is 23.5 Å². The number of fused-ring (bicyclic) bond motifs is 1. The van der Waals surface area contributed by atoms with Crippen molar-refractivity contribution in [1.82, 2.24) is 0 Å². The fourth-order valence-corrected chi connectivity index (χ4v) is 3.34. The molecule has 0 fully saturated rings. The highest BCUT2D eigenvalue weighted by molar-refractivity contribution is 5.51. The molecule has 3 rings (SSSR count). The standard InChI is InChI=1S/C18H20FNO/c1-2-20(15-7-4-6-14(19)12-15)18-8-3-5-13-11-16(21)9-10-17(13)18/h4,6-7,9-12,18,21H,2-3,5,8H2,1H3. The first kappa shape index (κ1) is 13.9. The Bertz CT molecular complexity index is 641. The second-order valence-electron chi connectivity index (χ2n) is 5.56. The summed E-state index contributed by atoms with van der Waals surface area (Å²) in [6.45, 7) is 2.92. The van der Waals surface area contributed by atoms with Crippen molar-refractivity contribution in [2.75, 3.05) is 11.4 Å². The number of phenols is 1. The molecule has 0 radical (unpaired) electrons. The molecule has 0 saturated carbocycles. The molecular weight excluding hydrogens is 265 g/mol. The monoisotopic (exact) mass is 285 g/mol. The van der Waals surface area contributed by atoms with Gasteiger partial charge < -0.3 is 10.0 Å². The molecule has 3 heteroatoms. The average Bonchev–Trinajstić information content (AvgIpc) is 2.48. The van der Waals surface area contributed by atoms with Crippen LogP contribution in [-0.2, 0) is 6.42 Å². The molecule has 0 saturated heterocycles. The molecule has 0 amide bonds. The molecule has 0 bridgehead atoms. The molecule has 110 valence electrons. The van der Waals surface area contributed by atoms with Gasteiger partial charge in [0.2, 0.25) is 0 Å². The summed E-state index contributed by atoms with van der Waals surface area (Å²) < 4.78 is 13.5. The van der Waals surface area contributed by atoms with Gasteiger partial charge in [0.05, 0.1) is 6.04 Å². The molecule has 1 aliphatic rings. The first-order valence-electron chi connectivity index (χ1n) is 7.53. The summed E-state index contributed by atoms with van der Waals surface area (Å²) in [7, 11) is 0. The Hall–Kier alpha value is -2.03. The van der Waals surface area contributed by atoms with Crippen LogP contribution >= 0.6 is 0 Å². The van der Waals surface area contributed by atoms with Crippen LogP contribution in [0.15, 0.2) is 42.5 Å². The summed E-state index contributed by atoms with van der Waals surface area (Å²) in [5.41, 5.74) is 3.38. The molecule has 1 unspecified atom stereocenters. The van der Waals surface area contributed by atoms with E-state index in [1.165, 1.54) is 17.2 Å². The van der Waals surface area contributed by atoms with Gasteiger partial charge in [-0.05, 0) is 67.6 Å². The number of phenolic OH excluding ortho intramolecular Hbond substituents is 1. The van der Waals surface area contributed by atoms with E-state index in [2.05, 4.69) is 11.8 Å². The van der Waals surface area contributed by atoms with Gasteiger partial charge in [-0.2, -0.15) is 0 Å². The highest BCUT2D eigenvalue weighted by Gasteiger charge is 2.25. The van der Waals surface area contributed by atoms with Crippen molar-refractivity contribution >= 4 is 5.69 Å². The fourth-order valence-electron chi connectivity index (χ4n) is 3.34. The lowest BCUT2D eigenvalue weighted by molar-refractivity contribution is 0.469. The molecule has 2 aromatic rings. The van der Waals surface area contributed by atoms with E-state index >= 15 is 0 Å². The van der Waals surface area contributed by atoms with Crippen molar-refractivity contribution < 1.29 is 9.50 Å². The molecule has 1 N–H and O–H groups in total. The highest BCUT2D eigenvalue weighted by Crippen LogP contribution is 2.38. The first-order valence-corrected chi connectivity index (χ1v) is 7.53. The normalized spacial score (nSPS) is 17.3. The number of anilines is 1. The number of aromatic hydroxyl groups is 1. The zero-order valence-electron chi connectivity index (χ0n) is 12.2. The van der Waals surface area contributed by atoms with Gasteiger partial charge in [0.15, 0.2) is 0 Å². The SMILES string of the molecule is CCN(c1cccc(F)c1)C1CCCc2cc(O)ccc21. The number of hydrogen-bond acceptors (Lipinski definition) is 2. The maximum absolute atomic E-state index is 13.5. The van der Waals surface area contributed by atoms with Crippen molar-refractivity contribution in [2.45, 2.75) is 32.2 Å². The third-order valence-corrected chi connectivity index (χ3v) is 4.27. The maximum atomic E-state index is 13.5. The van der Waals surface area contributed by atoms with Gasteiger partial charge in [0, 0.05) is 12.2 Å². The average molecular weight is 285 g/mol. The van der Waals surface area contributed by atoms with Crippen LogP contribution < -0.4 is 4.90 Å². The van der Waals surface area contributed by atoms with E-state index in [1.807, 2.05) is 18.2 Å². The number of halogens is 1. The molecule has 21 heavy (non-hydrogen) atoms. The van der Waals surface area contributed by atoms with Crippen molar-refractivity contribution in [1.29, 1.82) is 0 Å². The van der Waals surface area contributed by atoms with Gasteiger partial charge >= 0.3 is 0 Å². The van der Waals surface area contributed by atoms with E-state index in [4.69, 9.17) is 0 Å². The summed E-state index contributed by atoms with van der Waals surface area (Å²) in [4.78, 5) is 2.25. The van der Waals surface area contributed by atoms with Crippen LogP contribution in [0.5, 0.6) is 5.75 Å². The predicted molar refractivity (Wildman–Crippen MR) is 83.2 cm³/mol. The number of rotatable bonds is 3. The minimum absolute atomic E-state index is 0.201. The Labute approximate surface area is 124 Å². The third kappa shape index (κ3) is 2.73. The first-order chi connectivity index (χ1) is 10.2.